The van der Waals surface area contributed by atoms with Gasteiger partial charge in [0.2, 0.25) is 0 Å². The van der Waals surface area contributed by atoms with Gasteiger partial charge < -0.3 is 14.0 Å². The van der Waals surface area contributed by atoms with Crippen LogP contribution < -0.4 is 0 Å². The highest BCUT2D eigenvalue weighted by Crippen LogP contribution is 2.52. The molecule has 8 heteroatoms. The molecule has 0 aliphatic carbocycles. The third-order valence-electron chi connectivity index (χ3n) is 6.44. The largest absolute Gasteiger partial charge is 0.469 e. The Bertz CT molecular complexity index is 1090. The van der Waals surface area contributed by atoms with Crippen molar-refractivity contribution in [3.63, 3.8) is 0 Å². The summed E-state index contributed by atoms with van der Waals surface area (Å²) in [5, 5.41) is 1.97. The zero-order chi connectivity index (χ0) is 20.2. The summed E-state index contributed by atoms with van der Waals surface area (Å²) >= 11 is 1.51. The van der Waals surface area contributed by atoms with E-state index in [0.29, 0.717) is 18.5 Å². The molecule has 0 radical (unpaired) electrons. The zero-order valence-corrected chi connectivity index (χ0v) is 17.2. The molecule has 0 aromatic carbocycles. The van der Waals surface area contributed by atoms with Crippen LogP contribution in [0.25, 0.3) is 5.65 Å². The molecule has 2 aliphatic heterocycles. The number of hydrogen-bond acceptors (Lipinski definition) is 6. The standard InChI is InChI=1S/C21H22N4O3S/c1-13-4-3-7-24-10-16(23-18(13)24)19(26)25-15-5-6-17(25)21(9-15,20(27)28-2)8-14-11-29-12-22-14/h3-4,7,10-12,15,17H,5-6,8-9H2,1-2H3/t15-,17+,21+/m1/s1. The molecule has 3 atom stereocenters. The van der Waals surface area contributed by atoms with E-state index in [2.05, 4.69) is 9.97 Å². The number of pyridine rings is 1. The van der Waals surface area contributed by atoms with Gasteiger partial charge in [0.05, 0.1) is 23.7 Å². The van der Waals surface area contributed by atoms with Crippen molar-refractivity contribution in [2.45, 2.75) is 44.7 Å². The van der Waals surface area contributed by atoms with Crippen molar-refractivity contribution in [1.29, 1.82) is 0 Å². The van der Waals surface area contributed by atoms with Crippen LogP contribution in [0.15, 0.2) is 35.4 Å². The Labute approximate surface area is 172 Å². The first-order valence-corrected chi connectivity index (χ1v) is 10.7. The van der Waals surface area contributed by atoms with Gasteiger partial charge in [-0.15, -0.1) is 11.3 Å². The van der Waals surface area contributed by atoms with Crippen LogP contribution >= 0.6 is 11.3 Å². The molecule has 0 saturated carbocycles. The topological polar surface area (TPSA) is 76.8 Å². The van der Waals surface area contributed by atoms with Gasteiger partial charge in [-0.05, 0) is 37.8 Å². The third-order valence-corrected chi connectivity index (χ3v) is 7.08. The van der Waals surface area contributed by atoms with E-state index in [-0.39, 0.29) is 24.0 Å². The van der Waals surface area contributed by atoms with E-state index < -0.39 is 5.41 Å². The van der Waals surface area contributed by atoms with Crippen molar-refractivity contribution in [2.24, 2.45) is 5.41 Å². The summed E-state index contributed by atoms with van der Waals surface area (Å²) in [5.74, 6) is -0.356. The fourth-order valence-corrected chi connectivity index (χ4v) is 5.77. The van der Waals surface area contributed by atoms with Crippen molar-refractivity contribution >= 4 is 28.9 Å². The van der Waals surface area contributed by atoms with Gasteiger partial charge >= 0.3 is 5.97 Å². The van der Waals surface area contributed by atoms with Gasteiger partial charge in [-0.3, -0.25) is 9.59 Å². The first-order valence-electron chi connectivity index (χ1n) is 9.76. The van der Waals surface area contributed by atoms with E-state index in [4.69, 9.17) is 4.74 Å². The van der Waals surface area contributed by atoms with Gasteiger partial charge in [0.25, 0.3) is 5.91 Å². The predicted octanol–water partition coefficient (Wildman–Crippen LogP) is 2.88. The first kappa shape index (κ1) is 18.3. The summed E-state index contributed by atoms with van der Waals surface area (Å²) < 4.78 is 7.09. The Hall–Kier alpha value is -2.74. The van der Waals surface area contributed by atoms with E-state index >= 15 is 0 Å². The number of fused-ring (bicyclic) bond motifs is 3. The predicted molar refractivity (Wildman–Crippen MR) is 108 cm³/mol. The van der Waals surface area contributed by atoms with Crippen LogP contribution in [0, 0.1) is 12.3 Å². The molecule has 5 rings (SSSR count). The summed E-state index contributed by atoms with van der Waals surface area (Å²) in [5.41, 5.74) is 4.13. The third kappa shape index (κ3) is 2.69. The van der Waals surface area contributed by atoms with Crippen molar-refractivity contribution < 1.29 is 14.3 Å². The lowest BCUT2D eigenvalue weighted by molar-refractivity contribution is -0.154. The summed E-state index contributed by atoms with van der Waals surface area (Å²) in [6, 6.07) is 3.75. The van der Waals surface area contributed by atoms with Crippen LogP contribution in [0.4, 0.5) is 0 Å². The van der Waals surface area contributed by atoms with Gasteiger partial charge in [0, 0.05) is 36.3 Å². The van der Waals surface area contributed by atoms with Crippen LogP contribution in [0.2, 0.25) is 0 Å². The minimum absolute atomic E-state index is 0.0242. The molecule has 2 fully saturated rings. The monoisotopic (exact) mass is 410 g/mol. The summed E-state index contributed by atoms with van der Waals surface area (Å²) in [4.78, 5) is 37.3. The molecule has 7 nitrogen and oxygen atoms in total. The van der Waals surface area contributed by atoms with E-state index in [1.807, 2.05) is 39.9 Å². The molecule has 3 aromatic rings. The normalized spacial score (nSPS) is 25.7. The molecule has 3 aromatic heterocycles. The number of hydrogen-bond donors (Lipinski definition) is 0. The number of carbonyl (C=O) groups is 2. The van der Waals surface area contributed by atoms with E-state index in [1.54, 1.807) is 11.7 Å². The minimum atomic E-state index is -0.740. The molecule has 0 N–H and O–H groups in total. The number of rotatable bonds is 4. The quantitative estimate of drug-likeness (QED) is 0.618. The van der Waals surface area contributed by atoms with Crippen molar-refractivity contribution in [3.8, 4) is 0 Å². The lowest BCUT2D eigenvalue weighted by Gasteiger charge is -2.34. The van der Waals surface area contributed by atoms with Crippen LogP contribution in [-0.2, 0) is 16.0 Å². The molecule has 5 heterocycles. The zero-order valence-electron chi connectivity index (χ0n) is 16.4. The molecule has 0 unspecified atom stereocenters. The molecule has 2 saturated heterocycles. The van der Waals surface area contributed by atoms with E-state index in [1.165, 1.54) is 18.4 Å². The van der Waals surface area contributed by atoms with Gasteiger partial charge in [-0.25, -0.2) is 9.97 Å². The molecule has 29 heavy (non-hydrogen) atoms. The number of aromatic nitrogens is 3. The Kier molecular flexibility index (Phi) is 4.20. The van der Waals surface area contributed by atoms with Crippen molar-refractivity contribution in [2.75, 3.05) is 7.11 Å². The van der Waals surface area contributed by atoms with Crippen LogP contribution in [0.1, 0.15) is 41.0 Å². The average molecular weight is 410 g/mol. The number of thiazole rings is 1. The molecule has 150 valence electrons. The highest BCUT2D eigenvalue weighted by Gasteiger charge is 2.62. The second-order valence-corrected chi connectivity index (χ2v) is 8.73. The Morgan fingerprint density at radius 1 is 1.38 bits per heavy atom. The van der Waals surface area contributed by atoms with Gasteiger partial charge in [-0.1, -0.05) is 6.07 Å². The fraction of sp³-hybridized carbons (Fsp3) is 0.429. The first-order chi connectivity index (χ1) is 14.0. The van der Waals surface area contributed by atoms with Crippen molar-refractivity contribution in [1.82, 2.24) is 19.3 Å². The maximum atomic E-state index is 13.5. The van der Waals surface area contributed by atoms with Crippen LogP contribution in [0.5, 0.6) is 0 Å². The number of esters is 1. The molecular weight excluding hydrogens is 388 g/mol. The number of aryl methyl sites for hydroxylation is 1. The number of carbonyl (C=O) groups excluding carboxylic acids is 2. The van der Waals surface area contributed by atoms with Crippen LogP contribution in [-0.4, -0.2) is 50.3 Å². The maximum Gasteiger partial charge on any atom is 0.314 e. The smallest absolute Gasteiger partial charge is 0.314 e. The maximum absolute atomic E-state index is 13.5. The minimum Gasteiger partial charge on any atom is -0.469 e. The second kappa shape index (κ2) is 6.66. The Morgan fingerprint density at radius 3 is 2.97 bits per heavy atom. The van der Waals surface area contributed by atoms with E-state index in [9.17, 15) is 9.59 Å². The average Bonchev–Trinajstić information content (AvgIpc) is 3.50. The number of methoxy groups -OCH3 is 1. The Morgan fingerprint density at radius 2 is 2.24 bits per heavy atom. The molecule has 0 spiro atoms. The van der Waals surface area contributed by atoms with Gasteiger partial charge in [-0.2, -0.15) is 0 Å². The number of amides is 1. The number of imidazole rings is 1. The molecule has 1 amide bonds. The summed E-state index contributed by atoms with van der Waals surface area (Å²) in [6.45, 7) is 1.98. The fourth-order valence-electron chi connectivity index (χ4n) is 5.21. The molecule has 2 bridgehead atoms. The molecule has 2 aliphatic rings. The summed E-state index contributed by atoms with van der Waals surface area (Å²) in [7, 11) is 1.42. The van der Waals surface area contributed by atoms with Gasteiger partial charge in [0.15, 0.2) is 0 Å². The number of nitrogens with zero attached hydrogens (tertiary/aromatic N) is 4. The number of ether oxygens (including phenoxy) is 1. The lowest BCUT2D eigenvalue weighted by atomic mass is 9.71. The highest BCUT2D eigenvalue weighted by atomic mass is 32.1. The van der Waals surface area contributed by atoms with E-state index in [0.717, 1.165) is 29.7 Å². The van der Waals surface area contributed by atoms with Gasteiger partial charge in [0.1, 0.15) is 11.3 Å². The highest BCUT2D eigenvalue weighted by molar-refractivity contribution is 7.07. The van der Waals surface area contributed by atoms with Crippen molar-refractivity contribution in [3.05, 3.63) is 52.4 Å². The second-order valence-electron chi connectivity index (χ2n) is 8.02. The SMILES string of the molecule is COC(=O)[C@@]1(Cc2cscn2)C[C@H]2CC[C@@H]1N2C(=O)c1cn2cccc(C)c2n1. The Balaban J connectivity index is 1.51. The lowest BCUT2D eigenvalue weighted by Crippen LogP contribution is -2.47. The molecular formula is C21H22N4O3S. The van der Waals surface area contributed by atoms with Crippen LogP contribution in [0.3, 0.4) is 0 Å². The summed E-state index contributed by atoms with van der Waals surface area (Å²) in [6.07, 6.45) is 6.48.